The number of rotatable bonds is 4. The minimum absolute atomic E-state index is 0.156. The smallest absolute Gasteiger partial charge is 0.0687 e. The Morgan fingerprint density at radius 3 is 2.74 bits per heavy atom. The monoisotopic (exact) mass is 281 g/mol. The summed E-state index contributed by atoms with van der Waals surface area (Å²) in [6, 6.07) is 6.40. The summed E-state index contributed by atoms with van der Waals surface area (Å²) >= 11 is 6.12. The summed E-state index contributed by atoms with van der Waals surface area (Å²) in [4.78, 5) is 0. The van der Waals surface area contributed by atoms with Gasteiger partial charge in [-0.2, -0.15) is 0 Å². The summed E-state index contributed by atoms with van der Waals surface area (Å²) in [5, 5.41) is 14.3. The summed E-state index contributed by atoms with van der Waals surface area (Å²) in [7, 11) is 0. The minimum Gasteiger partial charge on any atom is -0.392 e. The number of fused-ring (bicyclic) bond motifs is 1. The molecule has 3 heteroatoms. The number of hydrogen-bond acceptors (Lipinski definition) is 2. The zero-order chi connectivity index (χ0) is 14.2. The molecule has 0 saturated heterocycles. The first kappa shape index (κ1) is 14.8. The Kier molecular flexibility index (Phi) is 4.24. The molecule has 106 valence electrons. The summed E-state index contributed by atoms with van der Waals surface area (Å²) in [6.07, 6.45) is 0.744. The molecule has 1 aliphatic carbocycles. The second kappa shape index (κ2) is 5.43. The van der Waals surface area contributed by atoms with Gasteiger partial charge in [0, 0.05) is 17.6 Å². The quantitative estimate of drug-likeness (QED) is 0.884. The van der Waals surface area contributed by atoms with Crippen molar-refractivity contribution >= 4 is 11.6 Å². The molecule has 0 amide bonds. The van der Waals surface area contributed by atoms with Crippen molar-refractivity contribution in [2.45, 2.75) is 46.3 Å². The minimum atomic E-state index is -0.306. The maximum Gasteiger partial charge on any atom is 0.0687 e. The molecule has 0 saturated carbocycles. The number of nitrogens with one attached hydrogen (secondary N) is 1. The first-order valence-corrected chi connectivity index (χ1v) is 7.39. The molecule has 1 aromatic rings. The maximum atomic E-state index is 9.97. The molecule has 0 aromatic heterocycles. The van der Waals surface area contributed by atoms with Gasteiger partial charge in [0.15, 0.2) is 0 Å². The molecule has 1 aliphatic rings. The first-order valence-electron chi connectivity index (χ1n) is 7.01. The third kappa shape index (κ3) is 3.13. The average molecular weight is 282 g/mol. The third-order valence-corrected chi connectivity index (χ3v) is 4.38. The molecule has 0 fully saturated rings. The number of hydrogen-bond donors (Lipinski definition) is 2. The van der Waals surface area contributed by atoms with E-state index in [0.29, 0.717) is 6.54 Å². The molecule has 2 rings (SSSR count). The molecule has 0 spiro atoms. The molecule has 0 radical (unpaired) electrons. The van der Waals surface area contributed by atoms with Gasteiger partial charge in [-0.1, -0.05) is 45.4 Å². The van der Waals surface area contributed by atoms with Crippen LogP contribution in [0, 0.1) is 11.3 Å². The fourth-order valence-corrected chi connectivity index (χ4v) is 3.05. The van der Waals surface area contributed by atoms with E-state index in [9.17, 15) is 5.11 Å². The van der Waals surface area contributed by atoms with Crippen molar-refractivity contribution in [3.05, 3.63) is 34.3 Å². The zero-order valence-electron chi connectivity index (χ0n) is 12.2. The molecule has 0 bridgehead atoms. The van der Waals surface area contributed by atoms with Crippen LogP contribution in [-0.2, 0) is 6.42 Å². The van der Waals surface area contributed by atoms with E-state index in [1.807, 2.05) is 19.9 Å². The van der Waals surface area contributed by atoms with Crippen molar-refractivity contribution in [3.63, 3.8) is 0 Å². The summed E-state index contributed by atoms with van der Waals surface area (Å²) in [5.74, 6) is 0.274. The summed E-state index contributed by atoms with van der Waals surface area (Å²) in [6.45, 7) is 9.23. The molecule has 0 heterocycles. The van der Waals surface area contributed by atoms with Gasteiger partial charge in [0.1, 0.15) is 0 Å². The van der Waals surface area contributed by atoms with E-state index in [4.69, 9.17) is 11.6 Å². The molecular formula is C16H24ClNO. The molecule has 1 aromatic carbocycles. The SMILES string of the molecule is CC(C)C(O)CNC1c2cc(Cl)ccc2CC1(C)C. The molecule has 0 aliphatic heterocycles. The molecule has 2 nitrogen and oxygen atoms in total. The molecule has 2 unspecified atom stereocenters. The van der Waals surface area contributed by atoms with Gasteiger partial charge in [0.25, 0.3) is 0 Å². The van der Waals surface area contributed by atoms with Crippen LogP contribution in [0.5, 0.6) is 0 Å². The van der Waals surface area contributed by atoms with Crippen molar-refractivity contribution in [2.24, 2.45) is 11.3 Å². The van der Waals surface area contributed by atoms with Crippen LogP contribution in [0.1, 0.15) is 44.9 Å². The van der Waals surface area contributed by atoms with Crippen molar-refractivity contribution in [3.8, 4) is 0 Å². The van der Waals surface area contributed by atoms with E-state index in [0.717, 1.165) is 11.4 Å². The number of benzene rings is 1. The Labute approximate surface area is 121 Å². The Balaban J connectivity index is 2.17. The lowest BCUT2D eigenvalue weighted by molar-refractivity contribution is 0.112. The number of aliphatic hydroxyl groups is 1. The lowest BCUT2D eigenvalue weighted by atomic mass is 9.85. The molecule has 2 N–H and O–H groups in total. The molecule has 19 heavy (non-hydrogen) atoms. The van der Waals surface area contributed by atoms with Gasteiger partial charge in [0.05, 0.1) is 6.10 Å². The summed E-state index contributed by atoms with van der Waals surface area (Å²) < 4.78 is 0. The van der Waals surface area contributed by atoms with Crippen LogP contribution in [0.2, 0.25) is 5.02 Å². The Hall–Kier alpha value is -0.570. The highest BCUT2D eigenvalue weighted by Crippen LogP contribution is 2.45. The van der Waals surface area contributed by atoms with Crippen LogP contribution >= 0.6 is 11.6 Å². The highest BCUT2D eigenvalue weighted by Gasteiger charge is 2.38. The fourth-order valence-electron chi connectivity index (χ4n) is 2.87. The van der Waals surface area contributed by atoms with Crippen LogP contribution in [0.4, 0.5) is 0 Å². The van der Waals surface area contributed by atoms with Gasteiger partial charge in [-0.15, -0.1) is 0 Å². The Morgan fingerprint density at radius 2 is 2.11 bits per heavy atom. The predicted molar refractivity (Wildman–Crippen MR) is 80.5 cm³/mol. The van der Waals surface area contributed by atoms with E-state index in [2.05, 4.69) is 31.3 Å². The van der Waals surface area contributed by atoms with E-state index < -0.39 is 0 Å². The van der Waals surface area contributed by atoms with E-state index >= 15 is 0 Å². The zero-order valence-corrected chi connectivity index (χ0v) is 13.0. The number of halogens is 1. The van der Waals surface area contributed by atoms with Gasteiger partial charge in [-0.25, -0.2) is 0 Å². The third-order valence-electron chi connectivity index (χ3n) is 4.15. The van der Waals surface area contributed by atoms with Gasteiger partial charge in [0.2, 0.25) is 0 Å². The average Bonchev–Trinajstić information content (AvgIpc) is 2.56. The van der Waals surface area contributed by atoms with Crippen molar-refractivity contribution in [1.29, 1.82) is 0 Å². The van der Waals surface area contributed by atoms with Crippen LogP contribution in [-0.4, -0.2) is 17.8 Å². The number of aliphatic hydroxyl groups excluding tert-OH is 1. The predicted octanol–water partition coefficient (Wildman–Crippen LogP) is 3.57. The lowest BCUT2D eigenvalue weighted by Crippen LogP contribution is -2.37. The molecule has 2 atom stereocenters. The van der Waals surface area contributed by atoms with Crippen LogP contribution < -0.4 is 5.32 Å². The Bertz CT molecular complexity index is 456. The van der Waals surface area contributed by atoms with Crippen molar-refractivity contribution < 1.29 is 5.11 Å². The van der Waals surface area contributed by atoms with Crippen LogP contribution in [0.15, 0.2) is 18.2 Å². The second-order valence-electron chi connectivity index (χ2n) is 6.66. The van der Waals surface area contributed by atoms with E-state index in [-0.39, 0.29) is 23.5 Å². The highest BCUT2D eigenvalue weighted by molar-refractivity contribution is 6.30. The lowest BCUT2D eigenvalue weighted by Gasteiger charge is -2.30. The van der Waals surface area contributed by atoms with Crippen molar-refractivity contribution in [2.75, 3.05) is 6.54 Å². The topological polar surface area (TPSA) is 32.3 Å². The second-order valence-corrected chi connectivity index (χ2v) is 7.10. The normalized spacial score (nSPS) is 22.6. The first-order chi connectivity index (χ1) is 8.81. The molecular weight excluding hydrogens is 258 g/mol. The highest BCUT2D eigenvalue weighted by atomic mass is 35.5. The van der Waals surface area contributed by atoms with E-state index in [1.54, 1.807) is 0 Å². The van der Waals surface area contributed by atoms with Gasteiger partial charge < -0.3 is 10.4 Å². The van der Waals surface area contributed by atoms with Gasteiger partial charge in [-0.3, -0.25) is 0 Å². The largest absolute Gasteiger partial charge is 0.392 e. The van der Waals surface area contributed by atoms with Crippen LogP contribution in [0.3, 0.4) is 0 Å². The van der Waals surface area contributed by atoms with E-state index in [1.165, 1.54) is 11.1 Å². The standard InChI is InChI=1S/C16H24ClNO/c1-10(2)14(19)9-18-15-13-7-12(17)6-5-11(13)8-16(15,3)4/h5-7,10,14-15,18-19H,8-9H2,1-4H3. The maximum absolute atomic E-state index is 9.97. The van der Waals surface area contributed by atoms with Crippen molar-refractivity contribution in [1.82, 2.24) is 5.32 Å². The summed E-state index contributed by atoms with van der Waals surface area (Å²) in [5.41, 5.74) is 2.81. The van der Waals surface area contributed by atoms with Gasteiger partial charge in [-0.05, 0) is 41.0 Å². The van der Waals surface area contributed by atoms with Gasteiger partial charge >= 0.3 is 0 Å². The fraction of sp³-hybridized carbons (Fsp3) is 0.625. The van der Waals surface area contributed by atoms with Crippen LogP contribution in [0.25, 0.3) is 0 Å². The Morgan fingerprint density at radius 1 is 1.42 bits per heavy atom.